The van der Waals surface area contributed by atoms with Crippen LogP contribution in [0.5, 0.6) is 34.5 Å². The summed E-state index contributed by atoms with van der Waals surface area (Å²) >= 11 is 0. The first-order chi connectivity index (χ1) is 23.6. The van der Waals surface area contributed by atoms with Gasteiger partial charge in [0.1, 0.15) is 25.3 Å². The van der Waals surface area contributed by atoms with Crippen LogP contribution in [0.25, 0.3) is 0 Å². The fraction of sp³-hybridized carbons (Fsp3) is 0.182. The molecule has 0 unspecified atom stereocenters. The molecule has 3 aliphatic heterocycles. The van der Waals surface area contributed by atoms with Crippen molar-refractivity contribution in [2.45, 2.75) is 51.6 Å². The van der Waals surface area contributed by atoms with E-state index in [9.17, 15) is 0 Å². The van der Waals surface area contributed by atoms with Crippen LogP contribution in [0.4, 0.5) is 17.1 Å². The van der Waals surface area contributed by atoms with E-state index >= 15 is 0 Å². The van der Waals surface area contributed by atoms with Gasteiger partial charge in [0.2, 0.25) is 0 Å². The van der Waals surface area contributed by atoms with Gasteiger partial charge in [-0.15, -0.1) is 0 Å². The summed E-state index contributed by atoms with van der Waals surface area (Å²) in [6.07, 6.45) is 0. The van der Waals surface area contributed by atoms with Crippen LogP contribution in [-0.2, 0) is 10.8 Å². The Labute approximate surface area is 289 Å². The Morgan fingerprint density at radius 1 is 0.408 bits per heavy atom. The van der Waals surface area contributed by atoms with E-state index in [4.69, 9.17) is 14.2 Å². The molecule has 0 N–H and O–H groups in total. The summed E-state index contributed by atoms with van der Waals surface area (Å²) in [6.45, 7) is 14.0. The van der Waals surface area contributed by atoms with Gasteiger partial charge in [0.25, 0.3) is 0 Å². The van der Waals surface area contributed by atoms with E-state index in [2.05, 4.69) is 161 Å². The molecule has 49 heavy (non-hydrogen) atoms. The third kappa shape index (κ3) is 4.21. The lowest BCUT2D eigenvalue weighted by atomic mass is 9.75. The number of benzene rings is 6. The zero-order chi connectivity index (χ0) is 33.7. The molecule has 5 heteroatoms. The minimum Gasteiger partial charge on any atom is -0.455 e. The van der Waals surface area contributed by atoms with Gasteiger partial charge in [-0.3, -0.25) is 4.90 Å². The van der Waals surface area contributed by atoms with Gasteiger partial charge in [0, 0.05) is 33.1 Å². The summed E-state index contributed by atoms with van der Waals surface area (Å²) in [6, 6.07) is 45.0. The normalized spacial score (nSPS) is 16.5. The number of para-hydroxylation sites is 6. The lowest BCUT2D eigenvalue weighted by Gasteiger charge is -2.41. The van der Waals surface area contributed by atoms with Crippen molar-refractivity contribution in [3.63, 3.8) is 0 Å². The van der Waals surface area contributed by atoms with Gasteiger partial charge in [-0.25, -0.2) is 0 Å². The molecule has 6 aromatic carbocycles. The lowest BCUT2D eigenvalue weighted by molar-refractivity contribution is 0.416. The van der Waals surface area contributed by atoms with Crippen molar-refractivity contribution in [3.8, 4) is 34.5 Å². The van der Waals surface area contributed by atoms with E-state index in [0.29, 0.717) is 0 Å². The summed E-state index contributed by atoms with van der Waals surface area (Å²) < 4.78 is 20.8. The Morgan fingerprint density at radius 2 is 0.796 bits per heavy atom. The summed E-state index contributed by atoms with van der Waals surface area (Å²) in [5.74, 6) is 5.25. The maximum atomic E-state index is 6.96. The molecule has 0 aromatic heterocycles. The first-order valence-corrected chi connectivity index (χ1v) is 20.1. The second kappa shape index (κ2) is 10.4. The highest BCUT2D eigenvalue weighted by atomic mass is 28.3. The van der Waals surface area contributed by atoms with E-state index in [-0.39, 0.29) is 10.8 Å². The SMILES string of the molecule is CC1(C)c2ccccc2Oc2c(N(c3cccc4c3Oc3ccccc3C4(C)C)c3cccc4c3Oc3ccccc3[Si]4(C)C)cccc21. The molecule has 0 bridgehead atoms. The largest absolute Gasteiger partial charge is 0.455 e. The minimum absolute atomic E-state index is 0.278. The first kappa shape index (κ1) is 29.8. The standard InChI is InChI=1S/C44H39NO3Si/c1-43(2)28-16-7-9-23-35(28)46-40-30(43)18-13-20-32(40)45(33-21-14-19-31-41(33)47-36-24-10-8-17-29(36)44(31,3)4)34-22-15-27-39-42(34)48-37-25-11-12-26-38(37)49(39,5)6/h7-27H,1-6H3. The second-order valence-corrected chi connectivity index (χ2v) is 19.3. The highest BCUT2D eigenvalue weighted by Crippen LogP contribution is 2.58. The first-order valence-electron chi connectivity index (χ1n) is 17.1. The molecule has 9 rings (SSSR count). The molecule has 242 valence electrons. The highest BCUT2D eigenvalue weighted by Gasteiger charge is 2.42. The molecule has 0 spiro atoms. The van der Waals surface area contributed by atoms with E-state index in [1.54, 1.807) is 0 Å². The van der Waals surface area contributed by atoms with E-state index in [1.807, 2.05) is 12.1 Å². The summed E-state index contributed by atoms with van der Waals surface area (Å²) in [4.78, 5) is 2.32. The lowest BCUT2D eigenvalue weighted by Crippen LogP contribution is -2.56. The Bertz CT molecular complexity index is 2060. The van der Waals surface area contributed by atoms with Crippen LogP contribution >= 0.6 is 0 Å². The predicted octanol–water partition coefficient (Wildman–Crippen LogP) is 10.9. The fourth-order valence-corrected chi connectivity index (χ4v) is 11.1. The van der Waals surface area contributed by atoms with Gasteiger partial charge in [0.05, 0.1) is 17.1 Å². The summed E-state index contributed by atoms with van der Waals surface area (Å²) in [7, 11) is -2.12. The van der Waals surface area contributed by atoms with Crippen LogP contribution in [0.15, 0.2) is 127 Å². The van der Waals surface area contributed by atoms with Crippen molar-refractivity contribution in [1.29, 1.82) is 0 Å². The Hall–Kier alpha value is -5.26. The van der Waals surface area contributed by atoms with Crippen molar-refractivity contribution >= 4 is 35.5 Å². The Kier molecular flexibility index (Phi) is 6.31. The maximum Gasteiger partial charge on any atom is 0.155 e. The number of anilines is 3. The van der Waals surface area contributed by atoms with Crippen molar-refractivity contribution < 1.29 is 14.2 Å². The summed E-state index contributed by atoms with van der Waals surface area (Å²) in [5.41, 5.74) is 6.89. The maximum absolute atomic E-state index is 6.96. The van der Waals surface area contributed by atoms with Crippen LogP contribution in [0, 0.1) is 0 Å². The third-order valence-corrected chi connectivity index (χ3v) is 14.5. The molecule has 0 amide bonds. The molecular weight excluding hydrogens is 619 g/mol. The smallest absolute Gasteiger partial charge is 0.155 e. The molecule has 0 aliphatic carbocycles. The summed E-state index contributed by atoms with van der Waals surface area (Å²) in [5, 5.41) is 2.57. The number of nitrogens with zero attached hydrogens (tertiary/aromatic N) is 1. The number of fused-ring (bicyclic) bond motifs is 6. The van der Waals surface area contributed by atoms with E-state index in [1.165, 1.54) is 21.5 Å². The second-order valence-electron chi connectivity index (χ2n) is 15.0. The quantitative estimate of drug-likeness (QED) is 0.177. The minimum atomic E-state index is -2.12. The molecule has 0 atom stereocenters. The average Bonchev–Trinajstić information content (AvgIpc) is 3.09. The Morgan fingerprint density at radius 3 is 1.35 bits per heavy atom. The molecule has 0 fully saturated rings. The predicted molar refractivity (Wildman–Crippen MR) is 202 cm³/mol. The molecule has 4 nitrogen and oxygen atoms in total. The van der Waals surface area contributed by atoms with Crippen LogP contribution in [0.2, 0.25) is 13.1 Å². The number of rotatable bonds is 3. The van der Waals surface area contributed by atoms with Crippen LogP contribution in [-0.4, -0.2) is 8.07 Å². The topological polar surface area (TPSA) is 30.9 Å². The van der Waals surface area contributed by atoms with Crippen LogP contribution < -0.4 is 29.5 Å². The zero-order valence-electron chi connectivity index (χ0n) is 28.8. The van der Waals surface area contributed by atoms with Gasteiger partial charge in [-0.05, 0) is 46.8 Å². The average molecular weight is 658 g/mol. The van der Waals surface area contributed by atoms with Crippen molar-refractivity contribution in [3.05, 3.63) is 150 Å². The van der Waals surface area contributed by atoms with Crippen molar-refractivity contribution in [2.75, 3.05) is 4.90 Å². The fourth-order valence-electron chi connectivity index (χ4n) is 8.27. The number of hydrogen-bond acceptors (Lipinski definition) is 4. The van der Waals surface area contributed by atoms with Gasteiger partial charge in [0.15, 0.2) is 17.2 Å². The van der Waals surface area contributed by atoms with E-state index < -0.39 is 8.07 Å². The van der Waals surface area contributed by atoms with Gasteiger partial charge in [-0.2, -0.15) is 0 Å². The van der Waals surface area contributed by atoms with Gasteiger partial charge < -0.3 is 14.2 Å². The molecule has 0 saturated heterocycles. The zero-order valence-corrected chi connectivity index (χ0v) is 29.8. The molecule has 3 aliphatic rings. The molecule has 6 aromatic rings. The number of hydrogen-bond donors (Lipinski definition) is 0. The molecular formula is C44H39NO3Si. The van der Waals surface area contributed by atoms with Crippen molar-refractivity contribution in [1.82, 2.24) is 0 Å². The monoisotopic (exact) mass is 657 g/mol. The molecule has 0 saturated carbocycles. The molecule has 0 radical (unpaired) electrons. The Balaban J connectivity index is 1.34. The van der Waals surface area contributed by atoms with Crippen LogP contribution in [0.3, 0.4) is 0 Å². The van der Waals surface area contributed by atoms with Gasteiger partial charge in [-0.1, -0.05) is 132 Å². The molecule has 3 heterocycles. The highest BCUT2D eigenvalue weighted by molar-refractivity contribution is 7.01. The van der Waals surface area contributed by atoms with Crippen LogP contribution in [0.1, 0.15) is 49.9 Å². The third-order valence-electron chi connectivity index (χ3n) is 11.0. The number of ether oxygens (including phenoxy) is 3. The van der Waals surface area contributed by atoms with E-state index in [0.717, 1.165) is 62.7 Å². The van der Waals surface area contributed by atoms with Crippen molar-refractivity contribution in [2.24, 2.45) is 0 Å². The van der Waals surface area contributed by atoms with Gasteiger partial charge >= 0.3 is 0 Å².